The van der Waals surface area contributed by atoms with E-state index >= 15 is 0 Å². The van der Waals surface area contributed by atoms with Crippen LogP contribution >= 0.6 is 0 Å². The molecule has 1 aromatic heterocycles. The van der Waals surface area contributed by atoms with Gasteiger partial charge in [-0.2, -0.15) is 5.10 Å². The van der Waals surface area contributed by atoms with E-state index < -0.39 is 16.6 Å². The maximum absolute atomic E-state index is 14.6. The lowest BCUT2D eigenvalue weighted by atomic mass is 9.76. The van der Waals surface area contributed by atoms with E-state index in [9.17, 15) is 19.3 Å². The molecule has 1 heterocycles. The summed E-state index contributed by atoms with van der Waals surface area (Å²) in [5.74, 6) is -0.0101. The number of hydrogen-bond donors (Lipinski definition) is 1. The standard InChI is InChI=1S/C36H43FN4O4/c1-7-35(3,4)25-18-19-33(29(22-25)36(5,6)8-2)45-21-12-11-20-38-34(42)32-24-31(28-16-9-10-17-30(28)37)39-40(32)26-14-13-15-27(23-26)41(43)44/h9-10,13-19,22-24H,7-8,11-12,20-21H2,1-6H3,(H,38,42). The predicted octanol–water partition coefficient (Wildman–Crippen LogP) is 8.55. The zero-order chi connectivity index (χ0) is 32.8. The average Bonchev–Trinajstić information content (AvgIpc) is 3.48. The van der Waals surface area contributed by atoms with Gasteiger partial charge in [0.2, 0.25) is 0 Å². The Labute approximate surface area is 264 Å². The summed E-state index contributed by atoms with van der Waals surface area (Å²) >= 11 is 0. The molecule has 45 heavy (non-hydrogen) atoms. The summed E-state index contributed by atoms with van der Waals surface area (Å²) in [5, 5.41) is 18.8. The maximum Gasteiger partial charge on any atom is 0.271 e. The second kappa shape index (κ2) is 14.1. The van der Waals surface area contributed by atoms with Crippen molar-refractivity contribution in [1.82, 2.24) is 15.1 Å². The van der Waals surface area contributed by atoms with Gasteiger partial charge in [-0.3, -0.25) is 14.9 Å². The zero-order valence-corrected chi connectivity index (χ0v) is 27.0. The van der Waals surface area contributed by atoms with E-state index in [1.165, 1.54) is 46.1 Å². The Balaban J connectivity index is 1.44. The molecule has 238 valence electrons. The number of halogens is 1. The number of ether oxygens (including phenoxy) is 1. The van der Waals surface area contributed by atoms with Gasteiger partial charge >= 0.3 is 0 Å². The molecule has 8 nitrogen and oxygen atoms in total. The Bertz CT molecular complexity index is 1660. The smallest absolute Gasteiger partial charge is 0.271 e. The van der Waals surface area contributed by atoms with Gasteiger partial charge in [-0.25, -0.2) is 9.07 Å². The summed E-state index contributed by atoms with van der Waals surface area (Å²) in [5.41, 5.74) is 3.36. The molecule has 3 aromatic carbocycles. The molecule has 0 spiro atoms. The van der Waals surface area contributed by atoms with E-state index in [1.54, 1.807) is 24.3 Å². The van der Waals surface area contributed by atoms with Crippen LogP contribution in [-0.2, 0) is 10.8 Å². The van der Waals surface area contributed by atoms with Gasteiger partial charge in [-0.1, -0.05) is 71.9 Å². The Morgan fingerprint density at radius 2 is 1.69 bits per heavy atom. The van der Waals surface area contributed by atoms with Crippen molar-refractivity contribution in [3.05, 3.63) is 106 Å². The molecule has 0 unspecified atom stereocenters. The molecule has 4 aromatic rings. The number of non-ortho nitro benzene ring substituents is 1. The SMILES string of the molecule is CCC(C)(C)c1ccc(OCCCCNC(=O)c2cc(-c3ccccc3F)nn2-c2cccc([N+](=O)[O-])c2)c(C(C)(C)CC)c1. The second-order valence-electron chi connectivity index (χ2n) is 12.6. The molecule has 0 fully saturated rings. The van der Waals surface area contributed by atoms with Gasteiger partial charge in [0.15, 0.2) is 0 Å². The van der Waals surface area contributed by atoms with Crippen molar-refractivity contribution >= 4 is 11.6 Å². The van der Waals surface area contributed by atoms with Crippen molar-refractivity contribution in [3.63, 3.8) is 0 Å². The van der Waals surface area contributed by atoms with Crippen LogP contribution in [0.5, 0.6) is 5.75 Å². The summed E-state index contributed by atoms with van der Waals surface area (Å²) in [7, 11) is 0. The highest BCUT2D eigenvalue weighted by Gasteiger charge is 2.27. The van der Waals surface area contributed by atoms with Gasteiger partial charge < -0.3 is 10.1 Å². The van der Waals surface area contributed by atoms with Crippen LogP contribution in [0.25, 0.3) is 16.9 Å². The third kappa shape index (κ3) is 7.77. The average molecular weight is 615 g/mol. The molecular weight excluding hydrogens is 571 g/mol. The third-order valence-electron chi connectivity index (χ3n) is 8.75. The van der Waals surface area contributed by atoms with Gasteiger partial charge in [0.25, 0.3) is 11.6 Å². The van der Waals surface area contributed by atoms with Crippen LogP contribution in [0.2, 0.25) is 0 Å². The monoisotopic (exact) mass is 614 g/mol. The Kier molecular flexibility index (Phi) is 10.4. The van der Waals surface area contributed by atoms with E-state index in [1.807, 2.05) is 0 Å². The number of carbonyl (C=O) groups excluding carboxylic acids is 1. The molecule has 1 N–H and O–H groups in total. The number of carbonyl (C=O) groups is 1. The minimum Gasteiger partial charge on any atom is -0.493 e. The molecule has 9 heteroatoms. The number of hydrogen-bond acceptors (Lipinski definition) is 5. The van der Waals surface area contributed by atoms with Crippen molar-refractivity contribution in [2.75, 3.05) is 13.2 Å². The van der Waals surface area contributed by atoms with Crippen LogP contribution < -0.4 is 10.1 Å². The van der Waals surface area contributed by atoms with Crippen LogP contribution in [-0.4, -0.2) is 33.8 Å². The highest BCUT2D eigenvalue weighted by molar-refractivity contribution is 5.94. The predicted molar refractivity (Wildman–Crippen MR) is 176 cm³/mol. The van der Waals surface area contributed by atoms with Crippen LogP contribution in [0, 0.1) is 15.9 Å². The summed E-state index contributed by atoms with van der Waals surface area (Å²) in [6, 6.07) is 20.0. The van der Waals surface area contributed by atoms with Crippen molar-refractivity contribution in [1.29, 1.82) is 0 Å². The zero-order valence-electron chi connectivity index (χ0n) is 27.0. The molecule has 0 atom stereocenters. The highest BCUT2D eigenvalue weighted by atomic mass is 19.1. The second-order valence-corrected chi connectivity index (χ2v) is 12.6. The molecule has 0 bridgehead atoms. The largest absolute Gasteiger partial charge is 0.493 e. The lowest BCUT2D eigenvalue weighted by Crippen LogP contribution is -2.27. The minimum atomic E-state index is -0.515. The fourth-order valence-electron chi connectivity index (χ4n) is 4.98. The number of nitrogens with one attached hydrogen (secondary N) is 1. The third-order valence-corrected chi connectivity index (χ3v) is 8.75. The number of rotatable bonds is 14. The molecule has 0 aliphatic carbocycles. The number of nitro groups is 1. The number of nitrogens with zero attached hydrogens (tertiary/aromatic N) is 3. The van der Waals surface area contributed by atoms with Crippen LogP contribution in [0.1, 0.15) is 88.8 Å². The first-order chi connectivity index (χ1) is 21.4. The van der Waals surface area contributed by atoms with Crippen molar-refractivity contribution < 1.29 is 18.8 Å². The lowest BCUT2D eigenvalue weighted by Gasteiger charge is -2.30. The number of unbranched alkanes of at least 4 members (excludes halogenated alkanes) is 1. The van der Waals surface area contributed by atoms with Gasteiger partial charge in [0, 0.05) is 29.8 Å². The van der Waals surface area contributed by atoms with Crippen LogP contribution in [0.15, 0.2) is 72.8 Å². The fraction of sp³-hybridized carbons (Fsp3) is 0.389. The quantitative estimate of drug-likeness (QED) is 0.0872. The van der Waals surface area contributed by atoms with Gasteiger partial charge in [0.1, 0.15) is 17.3 Å². The summed E-state index contributed by atoms with van der Waals surface area (Å²) in [6.07, 6.45) is 3.42. The topological polar surface area (TPSA) is 99.3 Å². The summed E-state index contributed by atoms with van der Waals surface area (Å²) in [4.78, 5) is 24.2. The number of aromatic nitrogens is 2. The van der Waals surface area contributed by atoms with E-state index in [0.29, 0.717) is 25.3 Å². The number of nitro benzene ring substituents is 1. The molecule has 0 radical (unpaired) electrons. The lowest BCUT2D eigenvalue weighted by molar-refractivity contribution is -0.384. The summed E-state index contributed by atoms with van der Waals surface area (Å²) < 4.78 is 22.2. The van der Waals surface area contributed by atoms with Crippen molar-refractivity contribution in [2.24, 2.45) is 0 Å². The molecule has 0 aliphatic rings. The first-order valence-electron chi connectivity index (χ1n) is 15.5. The first-order valence-corrected chi connectivity index (χ1v) is 15.5. The Hall–Kier alpha value is -4.53. The molecule has 4 rings (SSSR count). The van der Waals surface area contributed by atoms with Crippen molar-refractivity contribution in [3.8, 4) is 22.7 Å². The molecule has 1 amide bonds. The maximum atomic E-state index is 14.6. The van der Waals surface area contributed by atoms with Crippen LogP contribution in [0.4, 0.5) is 10.1 Å². The van der Waals surface area contributed by atoms with Crippen molar-refractivity contribution in [2.45, 2.75) is 78.1 Å². The molecule has 0 saturated heterocycles. The van der Waals surface area contributed by atoms with Gasteiger partial charge in [0.05, 0.1) is 22.9 Å². The van der Waals surface area contributed by atoms with E-state index in [-0.39, 0.29) is 33.5 Å². The minimum absolute atomic E-state index is 0.0349. The fourth-order valence-corrected chi connectivity index (χ4v) is 4.98. The van der Waals surface area contributed by atoms with Crippen LogP contribution in [0.3, 0.4) is 0 Å². The van der Waals surface area contributed by atoms with E-state index in [2.05, 4.69) is 70.2 Å². The highest BCUT2D eigenvalue weighted by Crippen LogP contribution is 2.38. The molecule has 0 saturated carbocycles. The van der Waals surface area contributed by atoms with E-state index in [0.717, 1.165) is 25.0 Å². The Morgan fingerprint density at radius 1 is 0.956 bits per heavy atom. The van der Waals surface area contributed by atoms with E-state index in [4.69, 9.17) is 4.74 Å². The number of amides is 1. The number of benzene rings is 3. The normalized spacial score (nSPS) is 11.8. The van der Waals surface area contributed by atoms with Gasteiger partial charge in [-0.05, 0) is 72.4 Å². The molecule has 0 aliphatic heterocycles. The molecular formula is C36H43FN4O4. The Morgan fingerprint density at radius 3 is 2.38 bits per heavy atom. The summed E-state index contributed by atoms with van der Waals surface area (Å²) in [6.45, 7) is 14.3. The van der Waals surface area contributed by atoms with Gasteiger partial charge in [-0.15, -0.1) is 0 Å². The first kappa shape index (κ1) is 33.4.